The number of nitrogens with zero attached hydrogens (tertiary/aromatic N) is 1. The molecule has 0 amide bonds. The summed E-state index contributed by atoms with van der Waals surface area (Å²) < 4.78 is 0. The van der Waals surface area contributed by atoms with Crippen LogP contribution in [0.2, 0.25) is 0 Å². The number of rotatable bonds is 2. The molecule has 0 saturated carbocycles. The topological polar surface area (TPSA) is 28.1 Å². The van der Waals surface area contributed by atoms with Crippen molar-refractivity contribution < 1.29 is 0 Å². The van der Waals surface area contributed by atoms with E-state index in [4.69, 9.17) is 0 Å². The molecule has 1 heterocycles. The molecule has 0 spiro atoms. The standard InChI is InChI=1S/C9H12N2/c1-4-8-9(10-5-2)7(3)6-11-8/h4-6,11H,1H2,2-3H3. The molecule has 0 unspecified atom stereocenters. The minimum absolute atomic E-state index is 0.987. The molecule has 11 heavy (non-hydrogen) atoms. The Labute approximate surface area is 66.7 Å². The first-order chi connectivity index (χ1) is 5.29. The molecule has 1 rings (SSSR count). The average Bonchev–Trinajstić information content (AvgIpc) is 2.34. The van der Waals surface area contributed by atoms with Gasteiger partial charge in [-0.1, -0.05) is 6.58 Å². The predicted molar refractivity (Wildman–Crippen MR) is 49.4 cm³/mol. The number of hydrogen-bond donors (Lipinski definition) is 1. The number of aliphatic imine (C=N–C) groups is 1. The van der Waals surface area contributed by atoms with Crippen molar-refractivity contribution in [2.75, 3.05) is 0 Å². The van der Waals surface area contributed by atoms with Crippen LogP contribution in [0.1, 0.15) is 18.2 Å². The van der Waals surface area contributed by atoms with Crippen LogP contribution in [-0.2, 0) is 0 Å². The predicted octanol–water partition coefficient (Wildman–Crippen LogP) is 2.69. The first-order valence-corrected chi connectivity index (χ1v) is 3.58. The highest BCUT2D eigenvalue weighted by Gasteiger charge is 2.01. The van der Waals surface area contributed by atoms with Crippen molar-refractivity contribution in [3.63, 3.8) is 0 Å². The van der Waals surface area contributed by atoms with Gasteiger partial charge in [-0.15, -0.1) is 0 Å². The maximum atomic E-state index is 4.21. The zero-order chi connectivity index (χ0) is 8.27. The van der Waals surface area contributed by atoms with E-state index in [0.717, 1.165) is 16.9 Å². The van der Waals surface area contributed by atoms with E-state index in [1.54, 1.807) is 12.3 Å². The Balaban J connectivity index is 3.17. The van der Waals surface area contributed by atoms with Crippen LogP contribution in [-0.4, -0.2) is 11.2 Å². The maximum Gasteiger partial charge on any atom is 0.0903 e. The maximum absolute atomic E-state index is 4.21. The van der Waals surface area contributed by atoms with Crippen LogP contribution in [0.25, 0.3) is 6.08 Å². The van der Waals surface area contributed by atoms with Crippen LogP contribution in [0, 0.1) is 6.92 Å². The highest BCUT2D eigenvalue weighted by molar-refractivity contribution is 5.69. The van der Waals surface area contributed by atoms with Gasteiger partial charge in [0.05, 0.1) is 11.4 Å². The fourth-order valence-corrected chi connectivity index (χ4v) is 0.991. The lowest BCUT2D eigenvalue weighted by Gasteiger charge is -1.91. The number of aromatic nitrogens is 1. The normalized spacial score (nSPS) is 10.7. The molecule has 2 nitrogen and oxygen atoms in total. The summed E-state index contributed by atoms with van der Waals surface area (Å²) in [6.07, 6.45) is 5.48. The molecular formula is C9H12N2. The molecule has 1 N–H and O–H groups in total. The molecule has 58 valence electrons. The SMILES string of the molecule is C=Cc1[nH]cc(C)c1N=CC. The monoisotopic (exact) mass is 148 g/mol. The smallest absolute Gasteiger partial charge is 0.0903 e. The minimum atomic E-state index is 0.987. The van der Waals surface area contributed by atoms with E-state index in [2.05, 4.69) is 16.6 Å². The third-order valence-corrected chi connectivity index (χ3v) is 1.54. The lowest BCUT2D eigenvalue weighted by Crippen LogP contribution is -1.70. The molecule has 1 aromatic rings. The van der Waals surface area contributed by atoms with Gasteiger partial charge in [0.2, 0.25) is 0 Å². The summed E-state index contributed by atoms with van der Waals surface area (Å²) in [7, 11) is 0. The summed E-state index contributed by atoms with van der Waals surface area (Å²) in [5.74, 6) is 0. The van der Waals surface area contributed by atoms with E-state index in [-0.39, 0.29) is 0 Å². The van der Waals surface area contributed by atoms with Crippen LogP contribution < -0.4 is 0 Å². The highest BCUT2D eigenvalue weighted by Crippen LogP contribution is 2.23. The van der Waals surface area contributed by atoms with Gasteiger partial charge in [-0.05, 0) is 25.5 Å². The van der Waals surface area contributed by atoms with E-state index in [0.29, 0.717) is 0 Å². The lowest BCUT2D eigenvalue weighted by molar-refractivity contribution is 1.36. The zero-order valence-corrected chi connectivity index (χ0v) is 6.89. The van der Waals surface area contributed by atoms with Gasteiger partial charge in [-0.25, -0.2) is 0 Å². The number of hydrogen-bond acceptors (Lipinski definition) is 1. The molecule has 0 fully saturated rings. The van der Waals surface area contributed by atoms with Crippen molar-refractivity contribution >= 4 is 18.0 Å². The van der Waals surface area contributed by atoms with E-state index in [1.807, 2.05) is 20.0 Å². The number of nitrogens with one attached hydrogen (secondary N) is 1. The van der Waals surface area contributed by atoms with E-state index >= 15 is 0 Å². The van der Waals surface area contributed by atoms with Crippen LogP contribution in [0.15, 0.2) is 17.8 Å². The van der Waals surface area contributed by atoms with Gasteiger partial charge in [0, 0.05) is 12.4 Å². The van der Waals surface area contributed by atoms with Crippen molar-refractivity contribution in [2.24, 2.45) is 4.99 Å². The molecule has 0 saturated heterocycles. The fourth-order valence-electron chi connectivity index (χ4n) is 0.991. The Kier molecular flexibility index (Phi) is 2.26. The Morgan fingerprint density at radius 1 is 1.64 bits per heavy atom. The largest absolute Gasteiger partial charge is 0.360 e. The van der Waals surface area contributed by atoms with Crippen LogP contribution in [0.3, 0.4) is 0 Å². The molecule has 0 bridgehead atoms. The first-order valence-electron chi connectivity index (χ1n) is 3.58. The number of H-pyrrole nitrogens is 1. The molecule has 0 aromatic carbocycles. The van der Waals surface area contributed by atoms with Gasteiger partial charge in [-0.2, -0.15) is 0 Å². The third-order valence-electron chi connectivity index (χ3n) is 1.54. The Hall–Kier alpha value is -1.31. The van der Waals surface area contributed by atoms with Crippen molar-refractivity contribution in [2.45, 2.75) is 13.8 Å². The van der Waals surface area contributed by atoms with Gasteiger partial charge in [0.25, 0.3) is 0 Å². The van der Waals surface area contributed by atoms with Crippen LogP contribution in [0.4, 0.5) is 5.69 Å². The quantitative estimate of drug-likeness (QED) is 0.624. The summed E-state index contributed by atoms with van der Waals surface area (Å²) in [5, 5.41) is 0. The Morgan fingerprint density at radius 2 is 2.36 bits per heavy atom. The van der Waals surface area contributed by atoms with Crippen molar-refractivity contribution in [3.05, 3.63) is 24.0 Å². The molecule has 0 radical (unpaired) electrons. The van der Waals surface area contributed by atoms with E-state index in [9.17, 15) is 0 Å². The molecular weight excluding hydrogens is 136 g/mol. The second-order valence-corrected chi connectivity index (χ2v) is 2.33. The molecule has 0 aliphatic heterocycles. The zero-order valence-electron chi connectivity index (χ0n) is 6.89. The molecule has 2 heteroatoms. The fraction of sp³-hybridized carbons (Fsp3) is 0.222. The van der Waals surface area contributed by atoms with Crippen molar-refractivity contribution in [3.8, 4) is 0 Å². The molecule has 0 aliphatic rings. The minimum Gasteiger partial charge on any atom is -0.360 e. The summed E-state index contributed by atoms with van der Waals surface area (Å²) in [5.41, 5.74) is 3.13. The first kappa shape index (κ1) is 7.79. The highest BCUT2D eigenvalue weighted by atomic mass is 14.8. The van der Waals surface area contributed by atoms with Crippen molar-refractivity contribution in [1.82, 2.24) is 4.98 Å². The summed E-state index contributed by atoms with van der Waals surface area (Å²) in [6, 6.07) is 0. The lowest BCUT2D eigenvalue weighted by atomic mass is 10.3. The third kappa shape index (κ3) is 1.40. The Morgan fingerprint density at radius 3 is 2.91 bits per heavy atom. The number of aryl methyl sites for hydroxylation is 1. The molecule has 0 atom stereocenters. The Bertz CT molecular complexity index is 282. The van der Waals surface area contributed by atoms with E-state index < -0.39 is 0 Å². The van der Waals surface area contributed by atoms with Gasteiger partial charge in [0.1, 0.15) is 0 Å². The second kappa shape index (κ2) is 3.19. The van der Waals surface area contributed by atoms with Crippen LogP contribution in [0.5, 0.6) is 0 Å². The van der Waals surface area contributed by atoms with Crippen LogP contribution >= 0.6 is 0 Å². The number of aromatic amines is 1. The van der Waals surface area contributed by atoms with Gasteiger partial charge >= 0.3 is 0 Å². The second-order valence-electron chi connectivity index (χ2n) is 2.33. The van der Waals surface area contributed by atoms with Gasteiger partial charge < -0.3 is 4.98 Å². The van der Waals surface area contributed by atoms with E-state index in [1.165, 1.54) is 0 Å². The van der Waals surface area contributed by atoms with Gasteiger partial charge in [-0.3, -0.25) is 4.99 Å². The summed E-state index contributed by atoms with van der Waals surface area (Å²) >= 11 is 0. The molecule has 1 aromatic heterocycles. The summed E-state index contributed by atoms with van der Waals surface area (Å²) in [6.45, 7) is 7.60. The van der Waals surface area contributed by atoms with Gasteiger partial charge in [0.15, 0.2) is 0 Å². The van der Waals surface area contributed by atoms with Crippen molar-refractivity contribution in [1.29, 1.82) is 0 Å². The average molecular weight is 148 g/mol. The molecule has 0 aliphatic carbocycles. The summed E-state index contributed by atoms with van der Waals surface area (Å²) in [4.78, 5) is 7.29.